The van der Waals surface area contributed by atoms with E-state index >= 15 is 0 Å². The molecule has 0 N–H and O–H groups in total. The molecule has 0 saturated heterocycles. The van der Waals surface area contributed by atoms with Crippen molar-refractivity contribution in [2.24, 2.45) is 0 Å². The van der Waals surface area contributed by atoms with Crippen molar-refractivity contribution in [3.63, 3.8) is 0 Å². The third-order valence-electron chi connectivity index (χ3n) is 1.25. The minimum absolute atomic E-state index is 0.500. The van der Waals surface area contributed by atoms with Gasteiger partial charge in [-0.25, -0.2) is 0 Å². The summed E-state index contributed by atoms with van der Waals surface area (Å²) < 4.78 is 0. The second-order valence-electron chi connectivity index (χ2n) is 2.27. The summed E-state index contributed by atoms with van der Waals surface area (Å²) in [4.78, 5) is 0. The molecule has 0 aliphatic heterocycles. The fourth-order valence-electron chi connectivity index (χ4n) is 0.884. The van der Waals surface area contributed by atoms with Crippen molar-refractivity contribution in [2.45, 2.75) is 43.6 Å². The fourth-order valence-corrected chi connectivity index (χ4v) is 0.884. The summed E-state index contributed by atoms with van der Waals surface area (Å²) in [6, 6.07) is 0. The van der Waals surface area contributed by atoms with Crippen LogP contribution in [-0.2, 0) is 0 Å². The summed E-state index contributed by atoms with van der Waals surface area (Å²) in [6.07, 6.45) is 7.50. The molecule has 0 atom stereocenters. The summed E-state index contributed by atoms with van der Waals surface area (Å²) in [5, 5.41) is 0. The molecule has 0 bridgehead atoms. The summed E-state index contributed by atoms with van der Waals surface area (Å²) in [6.45, 7) is 0. The zero-order valence-corrected chi connectivity index (χ0v) is 8.13. The topological polar surface area (TPSA) is 0 Å². The van der Waals surface area contributed by atoms with Gasteiger partial charge in [0, 0.05) is 0 Å². The van der Waals surface area contributed by atoms with Crippen molar-refractivity contribution < 1.29 is 0 Å². The van der Waals surface area contributed by atoms with Crippen LogP contribution in [0.15, 0.2) is 0 Å². The summed E-state index contributed by atoms with van der Waals surface area (Å²) >= 11 is 0.500. The van der Waals surface area contributed by atoms with Crippen molar-refractivity contribution >= 4 is 15.4 Å². The van der Waals surface area contributed by atoms with E-state index in [0.717, 1.165) is 0 Å². The normalized spacial score (nSPS) is 17.2. The van der Waals surface area contributed by atoms with Crippen LogP contribution in [0.3, 0.4) is 0 Å². The van der Waals surface area contributed by atoms with Crippen molar-refractivity contribution in [3.05, 3.63) is 0 Å². The first kappa shape index (κ1) is 8.54. The molecule has 8 heavy (non-hydrogen) atoms. The maximum absolute atomic E-state index is 2.25. The van der Waals surface area contributed by atoms with Crippen LogP contribution in [0.1, 0.15) is 32.1 Å². The van der Waals surface area contributed by atoms with Gasteiger partial charge in [0.25, 0.3) is 0 Å². The van der Waals surface area contributed by atoms with E-state index in [0.29, 0.717) is 15.4 Å². The summed E-state index contributed by atoms with van der Waals surface area (Å²) in [5.74, 6) is 4.50. The van der Waals surface area contributed by atoms with Gasteiger partial charge in [0.1, 0.15) is 0 Å². The Morgan fingerprint density at radius 2 is 0.875 bits per heavy atom. The second kappa shape index (κ2) is 7.54. The molecule has 1 fully saturated rings. The molecular formula is C7H16Ge. The zero-order valence-electron chi connectivity index (χ0n) is 6.04. The first-order chi connectivity index (χ1) is 3.91. The van der Waals surface area contributed by atoms with Gasteiger partial charge in [-0.3, -0.25) is 0 Å². The predicted octanol–water partition coefficient (Wildman–Crippen LogP) is 2.74. The van der Waals surface area contributed by atoms with Gasteiger partial charge >= 0.3 is 26.9 Å². The van der Waals surface area contributed by atoms with Crippen molar-refractivity contribution in [3.8, 4) is 0 Å². The summed E-state index contributed by atoms with van der Waals surface area (Å²) in [7, 11) is 0. The Hall–Kier alpha value is 0.543. The SMILES string of the molecule is C1CCCC1.[CH3][Ge][CH3]. The van der Waals surface area contributed by atoms with E-state index in [-0.39, 0.29) is 0 Å². The summed E-state index contributed by atoms with van der Waals surface area (Å²) in [5.41, 5.74) is 0. The molecule has 0 unspecified atom stereocenters. The van der Waals surface area contributed by atoms with Crippen LogP contribution in [0.2, 0.25) is 11.5 Å². The van der Waals surface area contributed by atoms with Crippen molar-refractivity contribution in [1.82, 2.24) is 0 Å². The van der Waals surface area contributed by atoms with Crippen LogP contribution in [0.25, 0.3) is 0 Å². The molecule has 1 aliphatic carbocycles. The Morgan fingerprint density at radius 1 is 0.750 bits per heavy atom. The first-order valence-corrected chi connectivity index (χ1v) is 7.70. The Balaban J connectivity index is 0.000000145. The van der Waals surface area contributed by atoms with Crippen molar-refractivity contribution in [2.75, 3.05) is 0 Å². The van der Waals surface area contributed by atoms with E-state index < -0.39 is 0 Å². The molecule has 0 aromatic carbocycles. The average Bonchev–Trinajstić information content (AvgIpc) is 2.17. The van der Waals surface area contributed by atoms with Gasteiger partial charge in [-0.15, -0.1) is 0 Å². The Kier molecular flexibility index (Phi) is 8.05. The Labute approximate surface area is 59.5 Å². The van der Waals surface area contributed by atoms with E-state index in [2.05, 4.69) is 11.5 Å². The van der Waals surface area contributed by atoms with Crippen LogP contribution < -0.4 is 0 Å². The van der Waals surface area contributed by atoms with Crippen LogP contribution >= 0.6 is 0 Å². The fraction of sp³-hybridized carbons (Fsp3) is 1.00. The van der Waals surface area contributed by atoms with E-state index in [1.165, 1.54) is 32.1 Å². The van der Waals surface area contributed by atoms with E-state index in [1.807, 2.05) is 0 Å². The molecule has 1 aliphatic rings. The molecule has 0 nitrogen and oxygen atoms in total. The molecule has 1 heteroatoms. The molecular weight excluding hydrogens is 157 g/mol. The molecule has 1 rings (SSSR count). The third kappa shape index (κ3) is 6.54. The van der Waals surface area contributed by atoms with E-state index in [1.54, 1.807) is 0 Å². The molecule has 0 amide bonds. The second-order valence-corrected chi connectivity index (χ2v) is 4.37. The molecule has 0 spiro atoms. The molecule has 48 valence electrons. The third-order valence-corrected chi connectivity index (χ3v) is 1.25. The van der Waals surface area contributed by atoms with Gasteiger partial charge in [0.2, 0.25) is 0 Å². The van der Waals surface area contributed by atoms with Crippen LogP contribution in [0.4, 0.5) is 0 Å². The van der Waals surface area contributed by atoms with Gasteiger partial charge in [0.15, 0.2) is 0 Å². The monoisotopic (exact) mass is 174 g/mol. The number of hydrogen-bond donors (Lipinski definition) is 0. The quantitative estimate of drug-likeness (QED) is 0.493. The standard InChI is InChI=1S/C5H10.C2H6Ge/c1-2-4-5-3-1;1-3-2/h1-5H2;1-2H3. The van der Waals surface area contributed by atoms with E-state index in [4.69, 9.17) is 0 Å². The predicted molar refractivity (Wildman–Crippen MR) is 40.6 cm³/mol. The van der Waals surface area contributed by atoms with Gasteiger partial charge in [-0.2, -0.15) is 0 Å². The number of hydrogen-bond acceptors (Lipinski definition) is 0. The van der Waals surface area contributed by atoms with Gasteiger partial charge in [0.05, 0.1) is 0 Å². The van der Waals surface area contributed by atoms with Crippen LogP contribution in [-0.4, -0.2) is 15.4 Å². The molecule has 2 radical (unpaired) electrons. The van der Waals surface area contributed by atoms with Gasteiger partial charge in [-0.1, -0.05) is 32.1 Å². The molecule has 0 aromatic heterocycles. The molecule has 1 saturated carbocycles. The van der Waals surface area contributed by atoms with Crippen molar-refractivity contribution in [1.29, 1.82) is 0 Å². The number of rotatable bonds is 0. The Morgan fingerprint density at radius 3 is 1.00 bits per heavy atom. The maximum atomic E-state index is 2.25. The molecule has 0 heterocycles. The van der Waals surface area contributed by atoms with Gasteiger partial charge in [-0.05, 0) is 0 Å². The molecule has 0 aromatic rings. The Bertz CT molecular complexity index is 23.8. The van der Waals surface area contributed by atoms with Crippen LogP contribution in [0.5, 0.6) is 0 Å². The zero-order chi connectivity index (χ0) is 6.24. The average molecular weight is 173 g/mol. The van der Waals surface area contributed by atoms with Gasteiger partial charge < -0.3 is 0 Å². The van der Waals surface area contributed by atoms with E-state index in [9.17, 15) is 0 Å². The van der Waals surface area contributed by atoms with Crippen LogP contribution in [0, 0.1) is 0 Å². The first-order valence-electron chi connectivity index (χ1n) is 3.50. The minimum atomic E-state index is 0.500.